The zero-order chi connectivity index (χ0) is 24.0. The van der Waals surface area contributed by atoms with Gasteiger partial charge < -0.3 is 21.3 Å². The summed E-state index contributed by atoms with van der Waals surface area (Å²) >= 11 is 1.33. The van der Waals surface area contributed by atoms with Crippen molar-refractivity contribution < 1.29 is 19.6 Å². The number of rotatable bonds is 9. The molecule has 0 spiro atoms. The minimum absolute atomic E-state index is 0.374. The van der Waals surface area contributed by atoms with E-state index in [0.29, 0.717) is 42.3 Å². The molecule has 0 N–H and O–H groups in total. The predicted octanol–water partition coefficient (Wildman–Crippen LogP) is 8.50. The van der Waals surface area contributed by atoms with Gasteiger partial charge in [0.05, 0.1) is 0 Å². The van der Waals surface area contributed by atoms with Crippen molar-refractivity contribution in [2.45, 2.75) is 139 Å². The van der Waals surface area contributed by atoms with Crippen molar-refractivity contribution in [3.8, 4) is 0 Å². The summed E-state index contributed by atoms with van der Waals surface area (Å²) in [6.45, 7) is 29.1. The quantitative estimate of drug-likeness (QED) is 0.262. The Morgan fingerprint density at radius 2 is 0.690 bits per heavy atom. The van der Waals surface area contributed by atoms with Crippen LogP contribution in [0, 0.1) is 0 Å². The Morgan fingerprint density at radius 1 is 0.483 bits per heavy atom. The molecular formula is C23H51N5W-4. The molecule has 0 radical (unpaired) electrons. The molecule has 5 nitrogen and oxygen atoms in total. The molecule has 0 amide bonds. The third-order valence-electron chi connectivity index (χ3n) is 2.24. The molecule has 0 saturated carbocycles. The maximum atomic E-state index is 4.28. The molecular weight excluding hydrogens is 530 g/mol. The Hall–Kier alpha value is -0.252. The van der Waals surface area contributed by atoms with Crippen LogP contribution in [0.4, 0.5) is 0 Å². The monoisotopic (exact) mass is 581 g/mol. The Morgan fingerprint density at radius 3 is 0.759 bits per heavy atom. The molecule has 0 fully saturated rings. The van der Waals surface area contributed by atoms with Gasteiger partial charge in [-0.05, 0) is 0 Å². The van der Waals surface area contributed by atoms with E-state index in [1.54, 1.807) is 12.4 Å². The van der Waals surface area contributed by atoms with Gasteiger partial charge in [-0.1, -0.05) is 83.1 Å². The Kier molecular flexibility index (Phi) is 32.1. The average molecular weight is 582 g/mol. The molecule has 0 aliphatic carbocycles. The van der Waals surface area contributed by atoms with Crippen molar-refractivity contribution in [2.75, 3.05) is 0 Å². The van der Waals surface area contributed by atoms with Crippen LogP contribution in [0.1, 0.15) is 96.9 Å². The number of hydrogen-bond acceptors (Lipinski definition) is 1. The molecule has 29 heavy (non-hydrogen) atoms. The topological polar surface area (TPSA) is 68.8 Å². The van der Waals surface area contributed by atoms with Crippen molar-refractivity contribution in [2.24, 2.45) is 3.50 Å². The molecule has 0 aliphatic rings. The third kappa shape index (κ3) is 65.6. The predicted molar refractivity (Wildman–Crippen MR) is 131 cm³/mol. The van der Waals surface area contributed by atoms with Gasteiger partial charge in [0.1, 0.15) is 0 Å². The van der Waals surface area contributed by atoms with Crippen LogP contribution < -0.4 is 0 Å². The molecule has 0 rings (SSSR count). The van der Waals surface area contributed by atoms with Gasteiger partial charge in [-0.25, -0.2) is 12.4 Å². The van der Waals surface area contributed by atoms with Crippen molar-refractivity contribution in [3.63, 3.8) is 0 Å². The summed E-state index contributed by atoms with van der Waals surface area (Å²) in [5.74, 6) is 0. The van der Waals surface area contributed by atoms with Crippen LogP contribution in [0.2, 0.25) is 0 Å². The molecule has 6 heteroatoms. The first-order chi connectivity index (χ1) is 13.1. The van der Waals surface area contributed by atoms with E-state index in [2.05, 4.69) is 94.0 Å². The summed E-state index contributed by atoms with van der Waals surface area (Å²) in [6, 6.07) is 3.29. The first-order valence-electron chi connectivity index (χ1n) is 10.9. The van der Waals surface area contributed by atoms with Gasteiger partial charge in [0.2, 0.25) is 0 Å². The van der Waals surface area contributed by atoms with Gasteiger partial charge in [-0.2, -0.15) is 0 Å². The molecule has 0 unspecified atom stereocenters. The van der Waals surface area contributed by atoms with Gasteiger partial charge in [0.25, 0.3) is 0 Å². The van der Waals surface area contributed by atoms with E-state index in [1.807, 2.05) is 27.7 Å². The average Bonchev–Trinajstić information content (AvgIpc) is 2.50. The molecule has 0 aliphatic heterocycles. The van der Waals surface area contributed by atoms with E-state index in [1.165, 1.54) is 19.6 Å². The summed E-state index contributed by atoms with van der Waals surface area (Å²) in [6.07, 6.45) is 3.51. The van der Waals surface area contributed by atoms with Crippen LogP contribution in [0.5, 0.6) is 0 Å². The van der Waals surface area contributed by atoms with Crippen LogP contribution in [0.15, 0.2) is 15.9 Å². The molecule has 0 bridgehead atoms. The first-order valence-corrected chi connectivity index (χ1v) is 12.2. The summed E-state index contributed by atoms with van der Waals surface area (Å²) < 4.78 is 3.97. The Bertz CT molecular complexity index is 300. The first kappa shape index (κ1) is 36.1. The fourth-order valence-corrected chi connectivity index (χ4v) is 1.61. The fraction of sp³-hybridized carbons (Fsp3) is 0.913. The number of nitrogens with zero attached hydrogens (tertiary/aromatic N) is 5. The van der Waals surface area contributed by atoms with Crippen LogP contribution >= 0.6 is 0 Å². The maximum absolute atomic E-state index is 4.28. The molecule has 0 aromatic rings. The van der Waals surface area contributed by atoms with Crippen molar-refractivity contribution in [1.82, 2.24) is 0 Å². The molecule has 0 aromatic carbocycles. The molecule has 0 atom stereocenters. The van der Waals surface area contributed by atoms with Gasteiger partial charge >= 0.3 is 43.0 Å². The molecule has 0 saturated heterocycles. The second-order valence-corrected chi connectivity index (χ2v) is 9.41. The van der Waals surface area contributed by atoms with Gasteiger partial charge in [0, 0.05) is 0 Å². The van der Waals surface area contributed by atoms with E-state index >= 15 is 0 Å². The van der Waals surface area contributed by atoms with Crippen LogP contribution in [0.25, 0.3) is 21.3 Å². The Balaban J connectivity index is -0.000000148. The molecule has 178 valence electrons. The Labute approximate surface area is 195 Å². The normalized spacial score (nSPS) is 10.8. The van der Waals surface area contributed by atoms with Crippen molar-refractivity contribution in [1.29, 1.82) is 0 Å². The second kappa shape index (κ2) is 25.8. The summed E-state index contributed by atoms with van der Waals surface area (Å²) in [4.78, 5) is 0. The van der Waals surface area contributed by atoms with E-state index in [0.717, 1.165) is 0 Å². The van der Waals surface area contributed by atoms with Crippen LogP contribution in [-0.4, -0.2) is 42.3 Å². The van der Waals surface area contributed by atoms with Crippen molar-refractivity contribution >= 4 is 0 Å². The minimum atomic E-state index is 0.374. The van der Waals surface area contributed by atoms with E-state index in [-0.39, 0.29) is 0 Å². The summed E-state index contributed by atoms with van der Waals surface area (Å²) in [5, 5.41) is 16.8. The van der Waals surface area contributed by atoms with E-state index in [9.17, 15) is 0 Å². The third-order valence-corrected chi connectivity index (χ3v) is 3.75. The van der Waals surface area contributed by atoms with Gasteiger partial charge in [-0.15, -0.1) is 36.3 Å². The van der Waals surface area contributed by atoms with Gasteiger partial charge in [0.15, 0.2) is 0 Å². The standard InChI is InChI=1S/C8H16N2.2C6H14N.C3H7N.W/c1-7(2)9-5-6-10-8(3)4;2*1-5(2)7-6(3)4;1-3(2)4;/h5-8H,1-4H3;2*5-6H,1-4H3;3H,1-2H3;/q-2;2*-1;;/b6-5-;;;;. The van der Waals surface area contributed by atoms with Crippen molar-refractivity contribution in [3.05, 3.63) is 33.7 Å². The zero-order valence-corrected chi connectivity index (χ0v) is 24.8. The fourth-order valence-electron chi connectivity index (χ4n) is 1.61. The van der Waals surface area contributed by atoms with Gasteiger partial charge in [-0.3, -0.25) is 0 Å². The molecule has 0 heterocycles. The van der Waals surface area contributed by atoms with Crippen LogP contribution in [0.3, 0.4) is 0 Å². The zero-order valence-electron chi connectivity index (χ0n) is 21.8. The SMILES string of the molecule is CC(C)[N-]/C=C\[N-]C(C)C.CC(C)[N-]C(C)C.CC(C)[N-]C(C)C.CC(C)[N]=[W]. The second-order valence-electron chi connectivity index (χ2n) is 8.66. The number of hydrogen-bond donors (Lipinski definition) is 0. The van der Waals surface area contributed by atoms with Crippen LogP contribution in [-0.2, 0) is 19.6 Å². The summed E-state index contributed by atoms with van der Waals surface area (Å²) in [7, 11) is 0. The van der Waals surface area contributed by atoms with E-state index in [4.69, 9.17) is 0 Å². The molecule has 0 aromatic heterocycles. The summed E-state index contributed by atoms with van der Waals surface area (Å²) in [5.41, 5.74) is 0. The van der Waals surface area contributed by atoms with E-state index < -0.39 is 0 Å².